The zero-order chi connectivity index (χ0) is 20.8. The normalized spacial score (nSPS) is 38.9. The first kappa shape index (κ1) is 18.6. The van der Waals surface area contributed by atoms with E-state index >= 15 is 0 Å². The topological polar surface area (TPSA) is 68.2 Å². The summed E-state index contributed by atoms with van der Waals surface area (Å²) in [6, 6.07) is 8.94. The molecule has 1 saturated heterocycles. The number of Topliss-reactive ketones (excluding diaryl/α,β-unsaturated/α-hetero) is 1. The van der Waals surface area contributed by atoms with Crippen molar-refractivity contribution in [3.8, 4) is 0 Å². The molecule has 3 fully saturated rings. The van der Waals surface area contributed by atoms with Crippen LogP contribution in [0.5, 0.6) is 0 Å². The van der Waals surface area contributed by atoms with Crippen LogP contribution in [-0.2, 0) is 31.3 Å². The number of ether oxygens (including phenoxy) is 2. The highest BCUT2D eigenvalue weighted by molar-refractivity contribution is 6.02. The fourth-order valence-electron chi connectivity index (χ4n) is 6.88. The minimum Gasteiger partial charge on any atom is -0.448 e. The van der Waals surface area contributed by atoms with Crippen molar-refractivity contribution in [1.82, 2.24) is 4.90 Å². The third-order valence-corrected chi connectivity index (χ3v) is 8.71. The maximum atomic E-state index is 13.0. The van der Waals surface area contributed by atoms with E-state index in [2.05, 4.69) is 48.0 Å². The van der Waals surface area contributed by atoms with E-state index in [9.17, 15) is 9.59 Å². The predicted molar refractivity (Wildman–Crippen MR) is 110 cm³/mol. The van der Waals surface area contributed by atoms with Crippen LogP contribution in [0.4, 0.5) is 0 Å². The highest BCUT2D eigenvalue weighted by Gasteiger charge is 2.68. The van der Waals surface area contributed by atoms with Crippen LogP contribution in [0.2, 0.25) is 0 Å². The molecule has 0 aromatic heterocycles. The molecule has 0 N–H and O–H groups in total. The third kappa shape index (κ3) is 2.31. The summed E-state index contributed by atoms with van der Waals surface area (Å²) in [5.74, 6) is 0.143. The Balaban J connectivity index is 1.19. The Labute approximate surface area is 176 Å². The number of ketones is 1. The molecule has 3 aliphatic heterocycles. The van der Waals surface area contributed by atoms with E-state index < -0.39 is 5.60 Å². The second kappa shape index (κ2) is 5.72. The van der Waals surface area contributed by atoms with Crippen LogP contribution in [0, 0.1) is 10.8 Å². The molecule has 1 unspecified atom stereocenters. The fraction of sp³-hybridized carbons (Fsp3) is 0.625. The van der Waals surface area contributed by atoms with Gasteiger partial charge in [-0.05, 0) is 34.8 Å². The Morgan fingerprint density at radius 1 is 0.967 bits per heavy atom. The summed E-state index contributed by atoms with van der Waals surface area (Å²) in [5.41, 5.74) is 1.12. The molecule has 2 spiro atoms. The summed E-state index contributed by atoms with van der Waals surface area (Å²) < 4.78 is 12.6. The lowest BCUT2D eigenvalue weighted by atomic mass is 9.71. The molecule has 158 valence electrons. The van der Waals surface area contributed by atoms with Gasteiger partial charge in [0.25, 0.3) is 11.9 Å². The molecule has 0 bridgehead atoms. The van der Waals surface area contributed by atoms with Gasteiger partial charge in [-0.15, -0.1) is 0 Å². The number of rotatable bonds is 0. The van der Waals surface area contributed by atoms with Gasteiger partial charge >= 0.3 is 0 Å². The number of hydrogen-bond acceptors (Lipinski definition) is 5. The van der Waals surface area contributed by atoms with E-state index in [-0.39, 0.29) is 22.3 Å². The number of likely N-dealkylation sites (tertiary alicyclic amines) is 1. The van der Waals surface area contributed by atoms with Crippen LogP contribution in [0.3, 0.4) is 0 Å². The van der Waals surface area contributed by atoms with Gasteiger partial charge in [0.2, 0.25) is 0 Å². The molecular weight excluding hydrogens is 380 g/mol. The third-order valence-electron chi connectivity index (χ3n) is 8.71. The van der Waals surface area contributed by atoms with Crippen molar-refractivity contribution in [3.05, 3.63) is 35.4 Å². The summed E-state index contributed by atoms with van der Waals surface area (Å²) in [5, 5.41) is 0. The molecule has 0 radical (unpaired) electrons. The van der Waals surface area contributed by atoms with Crippen molar-refractivity contribution in [3.63, 3.8) is 0 Å². The number of benzene rings is 1. The van der Waals surface area contributed by atoms with Crippen LogP contribution in [-0.4, -0.2) is 41.3 Å². The molecule has 6 heteroatoms. The number of fused-ring (bicyclic) bond motifs is 3. The molecule has 1 aromatic carbocycles. The smallest absolute Gasteiger partial charge is 0.296 e. The highest BCUT2D eigenvalue weighted by atomic mass is 16.5. The number of hydrogen-bond donors (Lipinski definition) is 0. The summed E-state index contributed by atoms with van der Waals surface area (Å²) in [4.78, 5) is 31.6. The summed E-state index contributed by atoms with van der Waals surface area (Å²) >= 11 is 0. The molecule has 3 atom stereocenters. The van der Waals surface area contributed by atoms with E-state index in [1.165, 1.54) is 11.1 Å². The lowest BCUT2D eigenvalue weighted by Gasteiger charge is -2.40. The summed E-state index contributed by atoms with van der Waals surface area (Å²) in [7, 11) is 0. The van der Waals surface area contributed by atoms with E-state index in [0.29, 0.717) is 44.1 Å². The number of carbonyl (C=O) groups is 2. The van der Waals surface area contributed by atoms with Gasteiger partial charge in [-0.3, -0.25) is 9.59 Å². The second-order valence-corrected chi connectivity index (χ2v) is 10.6. The first-order chi connectivity index (χ1) is 14.3. The van der Waals surface area contributed by atoms with Crippen LogP contribution >= 0.6 is 0 Å². The average Bonchev–Trinajstić information content (AvgIpc) is 3.33. The molecule has 1 amide bonds. The number of carbonyl (C=O) groups excluding carboxylic acids is 2. The summed E-state index contributed by atoms with van der Waals surface area (Å²) in [6.45, 7) is 6.46. The molecular formula is C24H28N2O4. The van der Waals surface area contributed by atoms with Gasteiger partial charge in [-0.1, -0.05) is 38.1 Å². The number of aliphatic imine (C=N–C) groups is 1. The Morgan fingerprint density at radius 2 is 1.63 bits per heavy atom. The van der Waals surface area contributed by atoms with Crippen molar-refractivity contribution in [2.24, 2.45) is 15.8 Å². The predicted octanol–water partition coefficient (Wildman–Crippen LogP) is 3.33. The first-order valence-electron chi connectivity index (χ1n) is 11.1. The van der Waals surface area contributed by atoms with Gasteiger partial charge in [0.05, 0.1) is 12.2 Å². The van der Waals surface area contributed by atoms with Crippen LogP contribution < -0.4 is 0 Å². The van der Waals surface area contributed by atoms with Gasteiger partial charge in [0.15, 0.2) is 5.60 Å². The van der Waals surface area contributed by atoms with Gasteiger partial charge in [-0.2, -0.15) is 4.99 Å². The molecule has 3 heterocycles. The van der Waals surface area contributed by atoms with Crippen LogP contribution in [0.1, 0.15) is 63.5 Å². The maximum absolute atomic E-state index is 13.0. The zero-order valence-electron chi connectivity index (χ0n) is 17.7. The first-order valence-corrected chi connectivity index (χ1v) is 11.1. The van der Waals surface area contributed by atoms with Crippen molar-refractivity contribution in [1.29, 1.82) is 0 Å². The average molecular weight is 408 g/mol. The minimum atomic E-state index is -0.884. The van der Waals surface area contributed by atoms with Gasteiger partial charge in [0.1, 0.15) is 5.78 Å². The lowest BCUT2D eigenvalue weighted by molar-refractivity contribution is -0.132. The van der Waals surface area contributed by atoms with Gasteiger partial charge in [0, 0.05) is 38.8 Å². The molecule has 5 aliphatic rings. The number of amidine groups is 1. The molecule has 6 nitrogen and oxygen atoms in total. The number of amides is 1. The van der Waals surface area contributed by atoms with Crippen LogP contribution in [0.15, 0.2) is 29.3 Å². The Morgan fingerprint density at radius 3 is 2.33 bits per heavy atom. The van der Waals surface area contributed by atoms with Crippen molar-refractivity contribution >= 4 is 17.7 Å². The maximum Gasteiger partial charge on any atom is 0.296 e. The fourth-order valence-corrected chi connectivity index (χ4v) is 6.88. The summed E-state index contributed by atoms with van der Waals surface area (Å²) in [6.07, 6.45) is 3.97. The Bertz CT molecular complexity index is 971. The van der Waals surface area contributed by atoms with Crippen LogP contribution in [0.25, 0.3) is 0 Å². The highest BCUT2D eigenvalue weighted by Crippen LogP contribution is 2.66. The van der Waals surface area contributed by atoms with Gasteiger partial charge < -0.3 is 14.4 Å². The van der Waals surface area contributed by atoms with Gasteiger partial charge in [-0.25, -0.2) is 0 Å². The molecule has 2 aliphatic carbocycles. The van der Waals surface area contributed by atoms with Crippen molar-refractivity contribution in [2.45, 2.75) is 70.2 Å². The van der Waals surface area contributed by atoms with Crippen molar-refractivity contribution in [2.75, 3.05) is 13.1 Å². The van der Waals surface area contributed by atoms with E-state index in [4.69, 9.17) is 9.47 Å². The second-order valence-electron chi connectivity index (χ2n) is 10.6. The van der Waals surface area contributed by atoms with E-state index in [0.717, 1.165) is 25.9 Å². The lowest BCUT2D eigenvalue weighted by Crippen LogP contribution is -2.46. The van der Waals surface area contributed by atoms with E-state index in [1.807, 2.05) is 0 Å². The molecule has 1 aromatic rings. The quantitative estimate of drug-likeness (QED) is 0.659. The minimum absolute atomic E-state index is 0.162. The molecule has 30 heavy (non-hydrogen) atoms. The Kier molecular flexibility index (Phi) is 3.54. The monoisotopic (exact) mass is 408 g/mol. The number of piperidine rings is 1. The van der Waals surface area contributed by atoms with E-state index in [1.54, 1.807) is 0 Å². The van der Waals surface area contributed by atoms with Crippen molar-refractivity contribution < 1.29 is 19.1 Å². The standard InChI is InChI=1S/C24H28N2O4/c1-21-11-17(27)12-22(21,2)15-24(14-21)19(28)25-20(30-24)26-9-7-23(8-10-26)18-6-4-3-5-16(18)13-29-23/h3-6H,7-15H2,1-2H3/t21-,22+,24?. The largest absolute Gasteiger partial charge is 0.448 e. The Hall–Kier alpha value is -2.21. The SMILES string of the molecule is C[C@@]12CC(=O)C[C@]1(C)CC1(C2)OC(N2CCC3(CC2)OCc2ccccc23)=NC1=O. The zero-order valence-corrected chi connectivity index (χ0v) is 17.7. The molecule has 6 rings (SSSR count). The number of nitrogens with zero attached hydrogens (tertiary/aromatic N) is 2. The molecule has 2 saturated carbocycles.